The van der Waals surface area contributed by atoms with Crippen LogP contribution in [0.25, 0.3) is 0 Å². The van der Waals surface area contributed by atoms with Crippen molar-refractivity contribution >= 4 is 11.6 Å². The van der Waals surface area contributed by atoms with E-state index in [0.29, 0.717) is 12.0 Å². The lowest BCUT2D eigenvalue weighted by Gasteiger charge is -2.35. The molecule has 0 aromatic carbocycles. The molecule has 1 aliphatic heterocycles. The molecule has 1 aromatic heterocycles. The third kappa shape index (κ3) is 2.87. The molecule has 2 heterocycles. The standard InChI is InChI=1S/C13H23ClN4/c1-9-8-17(3)6-5-11(9)15-7-12-13(14)10(2)16-18(12)4/h9,11,15H,5-8H2,1-4H3. The smallest absolute Gasteiger partial charge is 0.0860 e. The molecule has 2 rings (SSSR count). The van der Waals surface area contributed by atoms with E-state index in [0.717, 1.165) is 29.5 Å². The Morgan fingerprint density at radius 2 is 2.17 bits per heavy atom. The SMILES string of the molecule is Cc1nn(C)c(CNC2CCN(C)CC2C)c1Cl. The molecule has 1 aliphatic rings. The molecule has 1 saturated heterocycles. The monoisotopic (exact) mass is 270 g/mol. The van der Waals surface area contributed by atoms with Gasteiger partial charge >= 0.3 is 0 Å². The number of aryl methyl sites for hydroxylation is 2. The Morgan fingerprint density at radius 1 is 1.44 bits per heavy atom. The van der Waals surface area contributed by atoms with Crippen LogP contribution < -0.4 is 5.32 Å². The number of likely N-dealkylation sites (tertiary alicyclic amines) is 1. The van der Waals surface area contributed by atoms with Gasteiger partial charge in [0.2, 0.25) is 0 Å². The van der Waals surface area contributed by atoms with Crippen LogP contribution in [0.1, 0.15) is 24.7 Å². The molecule has 0 aliphatic carbocycles. The molecular weight excluding hydrogens is 248 g/mol. The topological polar surface area (TPSA) is 33.1 Å². The maximum absolute atomic E-state index is 6.26. The molecule has 0 amide bonds. The second-order valence-electron chi connectivity index (χ2n) is 5.49. The predicted molar refractivity (Wildman–Crippen MR) is 74.9 cm³/mol. The fourth-order valence-electron chi connectivity index (χ4n) is 2.76. The summed E-state index contributed by atoms with van der Waals surface area (Å²) in [7, 11) is 4.14. The lowest BCUT2D eigenvalue weighted by molar-refractivity contribution is 0.174. The molecule has 2 unspecified atom stereocenters. The molecule has 0 radical (unpaired) electrons. The summed E-state index contributed by atoms with van der Waals surface area (Å²) in [6.45, 7) is 7.39. The lowest BCUT2D eigenvalue weighted by atomic mass is 9.94. The van der Waals surface area contributed by atoms with Crippen molar-refractivity contribution in [1.82, 2.24) is 20.0 Å². The van der Waals surface area contributed by atoms with Crippen LogP contribution in [-0.2, 0) is 13.6 Å². The number of piperidine rings is 1. The molecule has 5 heteroatoms. The maximum Gasteiger partial charge on any atom is 0.0860 e. The number of halogens is 1. The van der Waals surface area contributed by atoms with Crippen molar-refractivity contribution in [2.75, 3.05) is 20.1 Å². The zero-order chi connectivity index (χ0) is 13.3. The number of hydrogen-bond donors (Lipinski definition) is 1. The Bertz CT molecular complexity index is 415. The molecule has 4 nitrogen and oxygen atoms in total. The van der Waals surface area contributed by atoms with Gasteiger partial charge in [-0.3, -0.25) is 4.68 Å². The van der Waals surface area contributed by atoms with Gasteiger partial charge < -0.3 is 10.2 Å². The van der Waals surface area contributed by atoms with Crippen LogP contribution in [0, 0.1) is 12.8 Å². The van der Waals surface area contributed by atoms with Crippen molar-refractivity contribution < 1.29 is 0 Å². The molecule has 0 saturated carbocycles. The molecule has 2 atom stereocenters. The first-order valence-electron chi connectivity index (χ1n) is 6.59. The first-order valence-corrected chi connectivity index (χ1v) is 6.96. The summed E-state index contributed by atoms with van der Waals surface area (Å²) in [6.07, 6.45) is 1.20. The average Bonchev–Trinajstić information content (AvgIpc) is 2.53. The van der Waals surface area contributed by atoms with E-state index in [1.165, 1.54) is 13.0 Å². The van der Waals surface area contributed by atoms with Gasteiger partial charge in [0.15, 0.2) is 0 Å². The molecule has 18 heavy (non-hydrogen) atoms. The maximum atomic E-state index is 6.26. The van der Waals surface area contributed by atoms with Crippen molar-refractivity contribution in [3.63, 3.8) is 0 Å². The van der Waals surface area contributed by atoms with Gasteiger partial charge in [-0.15, -0.1) is 0 Å². The van der Waals surface area contributed by atoms with E-state index in [9.17, 15) is 0 Å². The van der Waals surface area contributed by atoms with E-state index in [-0.39, 0.29) is 0 Å². The number of hydrogen-bond acceptors (Lipinski definition) is 3. The van der Waals surface area contributed by atoms with E-state index < -0.39 is 0 Å². The van der Waals surface area contributed by atoms with Gasteiger partial charge in [0.05, 0.1) is 16.4 Å². The van der Waals surface area contributed by atoms with Crippen molar-refractivity contribution in [2.45, 2.75) is 32.9 Å². The summed E-state index contributed by atoms with van der Waals surface area (Å²) in [5, 5.41) is 8.77. The summed E-state index contributed by atoms with van der Waals surface area (Å²) in [5.74, 6) is 0.678. The number of nitrogens with zero attached hydrogens (tertiary/aromatic N) is 3. The Labute approximate surface area is 114 Å². The van der Waals surface area contributed by atoms with E-state index >= 15 is 0 Å². The quantitative estimate of drug-likeness (QED) is 0.910. The van der Waals surface area contributed by atoms with Crippen molar-refractivity contribution in [1.29, 1.82) is 0 Å². The molecule has 102 valence electrons. The van der Waals surface area contributed by atoms with Gasteiger partial charge in [-0.05, 0) is 32.9 Å². The summed E-state index contributed by atoms with van der Waals surface area (Å²) in [6, 6.07) is 0.576. The fourth-order valence-corrected chi connectivity index (χ4v) is 2.98. The summed E-state index contributed by atoms with van der Waals surface area (Å²) in [4.78, 5) is 2.39. The third-order valence-electron chi connectivity index (χ3n) is 3.90. The molecule has 1 N–H and O–H groups in total. The number of rotatable bonds is 3. The van der Waals surface area contributed by atoms with Crippen LogP contribution in [0.4, 0.5) is 0 Å². The van der Waals surface area contributed by atoms with E-state index in [1.807, 2.05) is 18.7 Å². The van der Waals surface area contributed by atoms with Gasteiger partial charge in [0.25, 0.3) is 0 Å². The minimum atomic E-state index is 0.576. The van der Waals surface area contributed by atoms with Crippen LogP contribution >= 0.6 is 11.6 Å². The third-order valence-corrected chi connectivity index (χ3v) is 4.39. The number of nitrogens with one attached hydrogen (secondary N) is 1. The van der Waals surface area contributed by atoms with E-state index in [4.69, 9.17) is 11.6 Å². The van der Waals surface area contributed by atoms with Crippen LogP contribution in [0.2, 0.25) is 5.02 Å². The lowest BCUT2D eigenvalue weighted by Crippen LogP contribution is -2.46. The zero-order valence-electron chi connectivity index (χ0n) is 11.7. The summed E-state index contributed by atoms with van der Waals surface area (Å²) < 4.78 is 1.88. The molecular formula is C13H23ClN4. The molecule has 1 aromatic rings. The average molecular weight is 271 g/mol. The summed E-state index contributed by atoms with van der Waals surface area (Å²) in [5.41, 5.74) is 1.99. The highest BCUT2D eigenvalue weighted by Crippen LogP contribution is 2.21. The minimum Gasteiger partial charge on any atom is -0.308 e. The largest absolute Gasteiger partial charge is 0.308 e. The summed E-state index contributed by atoms with van der Waals surface area (Å²) >= 11 is 6.26. The second kappa shape index (κ2) is 5.59. The second-order valence-corrected chi connectivity index (χ2v) is 5.86. The highest BCUT2D eigenvalue weighted by Gasteiger charge is 2.24. The van der Waals surface area contributed by atoms with Gasteiger partial charge in [-0.2, -0.15) is 5.10 Å². The van der Waals surface area contributed by atoms with Gasteiger partial charge in [-0.25, -0.2) is 0 Å². The normalized spacial score (nSPS) is 25.6. The van der Waals surface area contributed by atoms with Crippen LogP contribution in [-0.4, -0.2) is 40.9 Å². The van der Waals surface area contributed by atoms with Crippen molar-refractivity contribution in [3.8, 4) is 0 Å². The van der Waals surface area contributed by atoms with Gasteiger partial charge in [0.1, 0.15) is 0 Å². The van der Waals surface area contributed by atoms with Crippen molar-refractivity contribution in [2.24, 2.45) is 13.0 Å². The molecule has 0 bridgehead atoms. The highest BCUT2D eigenvalue weighted by atomic mass is 35.5. The van der Waals surface area contributed by atoms with Crippen LogP contribution in [0.5, 0.6) is 0 Å². The highest BCUT2D eigenvalue weighted by molar-refractivity contribution is 6.31. The Morgan fingerprint density at radius 3 is 2.72 bits per heavy atom. The van der Waals surface area contributed by atoms with E-state index in [1.54, 1.807) is 0 Å². The van der Waals surface area contributed by atoms with Crippen LogP contribution in [0.15, 0.2) is 0 Å². The van der Waals surface area contributed by atoms with Gasteiger partial charge in [0, 0.05) is 26.2 Å². The van der Waals surface area contributed by atoms with Gasteiger partial charge in [-0.1, -0.05) is 18.5 Å². The number of aromatic nitrogens is 2. The van der Waals surface area contributed by atoms with Crippen LogP contribution in [0.3, 0.4) is 0 Å². The van der Waals surface area contributed by atoms with Crippen molar-refractivity contribution in [3.05, 3.63) is 16.4 Å². The minimum absolute atomic E-state index is 0.576. The Hall–Kier alpha value is -0.580. The fraction of sp³-hybridized carbons (Fsp3) is 0.769. The zero-order valence-corrected chi connectivity index (χ0v) is 12.5. The molecule has 1 fully saturated rings. The Kier molecular flexibility index (Phi) is 4.30. The molecule has 0 spiro atoms. The first-order chi connectivity index (χ1) is 8.49. The first kappa shape index (κ1) is 13.8. The predicted octanol–water partition coefficient (Wildman–Crippen LogP) is 1.81. The Balaban J connectivity index is 1.95. The van der Waals surface area contributed by atoms with E-state index in [2.05, 4.69) is 29.3 Å².